The molecule has 0 N–H and O–H groups in total. The van der Waals surface area contributed by atoms with Crippen LogP contribution in [0.5, 0.6) is 0 Å². The molecule has 1 aliphatic carbocycles. The van der Waals surface area contributed by atoms with Gasteiger partial charge in [-0.25, -0.2) is 0 Å². The summed E-state index contributed by atoms with van der Waals surface area (Å²) in [5.41, 5.74) is 1.16. The van der Waals surface area contributed by atoms with E-state index in [2.05, 4.69) is 0 Å². The third-order valence-electron chi connectivity index (χ3n) is 4.01. The van der Waals surface area contributed by atoms with E-state index in [4.69, 9.17) is 4.74 Å². The number of aldehydes is 1. The van der Waals surface area contributed by atoms with Crippen LogP contribution < -0.4 is 0 Å². The molecular weight excluding hydrogens is 254 g/mol. The summed E-state index contributed by atoms with van der Waals surface area (Å²) in [5.74, 6) is 0.579. The van der Waals surface area contributed by atoms with E-state index in [1.54, 1.807) is 4.90 Å². The average Bonchev–Trinajstić information content (AvgIpc) is 3.18. The van der Waals surface area contributed by atoms with Crippen molar-refractivity contribution in [1.29, 1.82) is 0 Å². The van der Waals surface area contributed by atoms with E-state index in [1.807, 2.05) is 30.3 Å². The van der Waals surface area contributed by atoms with Gasteiger partial charge in [-0.3, -0.25) is 9.59 Å². The van der Waals surface area contributed by atoms with Crippen molar-refractivity contribution in [1.82, 2.24) is 4.90 Å². The van der Waals surface area contributed by atoms with Crippen LogP contribution in [-0.2, 0) is 20.7 Å². The van der Waals surface area contributed by atoms with Crippen LogP contribution in [0.4, 0.5) is 0 Å². The molecule has 1 saturated heterocycles. The maximum absolute atomic E-state index is 12.4. The lowest BCUT2D eigenvalue weighted by Gasteiger charge is -2.25. The molecule has 1 heterocycles. The van der Waals surface area contributed by atoms with Crippen molar-refractivity contribution in [3.8, 4) is 0 Å². The zero-order chi connectivity index (χ0) is 13.9. The van der Waals surface area contributed by atoms with Gasteiger partial charge in [0.2, 0.25) is 5.91 Å². The molecule has 2 aliphatic rings. The molecular formula is C16H19NO3. The first-order valence-corrected chi connectivity index (χ1v) is 7.20. The van der Waals surface area contributed by atoms with E-state index in [0.29, 0.717) is 18.9 Å². The maximum atomic E-state index is 12.4. The second-order valence-corrected chi connectivity index (χ2v) is 5.65. The minimum Gasteiger partial charge on any atom is -0.349 e. The molecule has 1 aromatic rings. The number of benzene rings is 1. The molecule has 1 saturated carbocycles. The van der Waals surface area contributed by atoms with Crippen LogP contribution in [0.2, 0.25) is 0 Å². The quantitative estimate of drug-likeness (QED) is 0.768. The van der Waals surface area contributed by atoms with Gasteiger partial charge in [-0.05, 0) is 30.7 Å². The molecule has 0 radical (unpaired) electrons. The Hall–Kier alpha value is -1.68. The Balaban J connectivity index is 1.71. The molecule has 1 amide bonds. The highest BCUT2D eigenvalue weighted by Crippen LogP contribution is 2.34. The first-order chi connectivity index (χ1) is 9.78. The summed E-state index contributed by atoms with van der Waals surface area (Å²) in [4.78, 5) is 25.1. The number of carbonyl (C=O) groups is 2. The summed E-state index contributed by atoms with van der Waals surface area (Å²) in [7, 11) is 0. The van der Waals surface area contributed by atoms with Crippen molar-refractivity contribution < 1.29 is 14.3 Å². The number of ether oxygens (including phenoxy) is 1. The first kappa shape index (κ1) is 13.3. The number of rotatable bonds is 5. The van der Waals surface area contributed by atoms with E-state index in [0.717, 1.165) is 31.1 Å². The van der Waals surface area contributed by atoms with Crippen molar-refractivity contribution in [2.75, 3.05) is 6.61 Å². The van der Waals surface area contributed by atoms with Crippen LogP contribution >= 0.6 is 0 Å². The van der Waals surface area contributed by atoms with Crippen molar-refractivity contribution in [3.63, 3.8) is 0 Å². The fraction of sp³-hybridized carbons (Fsp3) is 0.500. The molecule has 0 spiro atoms. The van der Waals surface area contributed by atoms with Gasteiger partial charge in [0, 0.05) is 6.42 Å². The van der Waals surface area contributed by atoms with E-state index in [1.165, 1.54) is 0 Å². The fourth-order valence-electron chi connectivity index (χ4n) is 2.75. The van der Waals surface area contributed by atoms with E-state index in [-0.39, 0.29) is 11.9 Å². The molecule has 1 aliphatic heterocycles. The molecule has 0 bridgehead atoms. The van der Waals surface area contributed by atoms with Crippen LogP contribution in [-0.4, -0.2) is 36.0 Å². The maximum Gasteiger partial charge on any atom is 0.225 e. The minimum absolute atomic E-state index is 0.0288. The molecule has 1 unspecified atom stereocenters. The molecule has 2 fully saturated rings. The van der Waals surface area contributed by atoms with Crippen LogP contribution in [0.3, 0.4) is 0 Å². The van der Waals surface area contributed by atoms with E-state index in [9.17, 15) is 9.59 Å². The molecule has 4 heteroatoms. The van der Waals surface area contributed by atoms with Crippen molar-refractivity contribution in [3.05, 3.63) is 35.9 Å². The zero-order valence-corrected chi connectivity index (χ0v) is 11.4. The molecule has 20 heavy (non-hydrogen) atoms. The average molecular weight is 273 g/mol. The van der Waals surface area contributed by atoms with Crippen molar-refractivity contribution in [2.45, 2.75) is 38.0 Å². The van der Waals surface area contributed by atoms with Gasteiger partial charge >= 0.3 is 0 Å². The Bertz CT molecular complexity index is 484. The van der Waals surface area contributed by atoms with Gasteiger partial charge in [0.15, 0.2) is 12.5 Å². The highest BCUT2D eigenvalue weighted by atomic mass is 16.5. The Morgan fingerprint density at radius 3 is 2.70 bits per heavy atom. The number of nitrogens with zero attached hydrogens (tertiary/aromatic N) is 1. The van der Waals surface area contributed by atoms with Crippen LogP contribution in [0.25, 0.3) is 0 Å². The summed E-state index contributed by atoms with van der Waals surface area (Å²) >= 11 is 0. The molecule has 4 nitrogen and oxygen atoms in total. The van der Waals surface area contributed by atoms with Gasteiger partial charge in [-0.15, -0.1) is 0 Å². The van der Waals surface area contributed by atoms with Crippen molar-refractivity contribution >= 4 is 12.2 Å². The summed E-state index contributed by atoms with van der Waals surface area (Å²) in [5, 5.41) is 0. The SMILES string of the molecule is O=CC1OC[C@H](Cc2ccccc2)N1C(=O)CC1CC1. The Morgan fingerprint density at radius 1 is 1.30 bits per heavy atom. The monoisotopic (exact) mass is 273 g/mol. The predicted octanol–water partition coefficient (Wildman–Crippen LogP) is 1.78. The topological polar surface area (TPSA) is 46.6 Å². The molecule has 3 rings (SSSR count). The lowest BCUT2D eigenvalue weighted by atomic mass is 10.1. The standard InChI is InChI=1S/C16H19NO3/c18-10-16-17(15(19)9-13-6-7-13)14(11-20-16)8-12-4-2-1-3-5-12/h1-5,10,13-14,16H,6-9,11H2/t14-,16?/m0/s1. The third-order valence-corrected chi connectivity index (χ3v) is 4.01. The lowest BCUT2D eigenvalue weighted by molar-refractivity contribution is -0.142. The van der Waals surface area contributed by atoms with Gasteiger partial charge in [-0.2, -0.15) is 0 Å². The summed E-state index contributed by atoms with van der Waals surface area (Å²) in [6, 6.07) is 9.99. The number of hydrogen-bond acceptors (Lipinski definition) is 3. The Kier molecular flexibility index (Phi) is 3.83. The zero-order valence-electron chi connectivity index (χ0n) is 11.4. The van der Waals surface area contributed by atoms with Crippen LogP contribution in [0, 0.1) is 5.92 Å². The lowest BCUT2D eigenvalue weighted by Crippen LogP contribution is -2.43. The van der Waals surface area contributed by atoms with Gasteiger partial charge in [0.05, 0.1) is 12.6 Å². The van der Waals surface area contributed by atoms with Gasteiger partial charge < -0.3 is 9.64 Å². The van der Waals surface area contributed by atoms with Gasteiger partial charge in [-0.1, -0.05) is 30.3 Å². The molecule has 0 aromatic heterocycles. The van der Waals surface area contributed by atoms with Crippen LogP contribution in [0.1, 0.15) is 24.8 Å². The fourth-order valence-corrected chi connectivity index (χ4v) is 2.75. The normalized spacial score (nSPS) is 25.7. The number of hydrogen-bond donors (Lipinski definition) is 0. The predicted molar refractivity (Wildman–Crippen MR) is 73.9 cm³/mol. The Labute approximate surface area is 118 Å². The van der Waals surface area contributed by atoms with Gasteiger partial charge in [0.1, 0.15) is 0 Å². The van der Waals surface area contributed by atoms with Crippen LogP contribution in [0.15, 0.2) is 30.3 Å². The van der Waals surface area contributed by atoms with Crippen molar-refractivity contribution in [2.24, 2.45) is 5.92 Å². The Morgan fingerprint density at radius 2 is 2.05 bits per heavy atom. The van der Waals surface area contributed by atoms with E-state index < -0.39 is 6.23 Å². The summed E-state index contributed by atoms with van der Waals surface area (Å²) in [6.45, 7) is 0.439. The second-order valence-electron chi connectivity index (χ2n) is 5.65. The first-order valence-electron chi connectivity index (χ1n) is 7.20. The third kappa shape index (κ3) is 2.90. The summed E-state index contributed by atoms with van der Waals surface area (Å²) < 4.78 is 5.46. The second kappa shape index (κ2) is 5.75. The van der Waals surface area contributed by atoms with Gasteiger partial charge in [0.25, 0.3) is 0 Å². The summed E-state index contributed by atoms with van der Waals surface area (Å²) in [6.07, 6.45) is 3.59. The molecule has 106 valence electrons. The highest BCUT2D eigenvalue weighted by Gasteiger charge is 2.39. The molecule has 1 aromatic carbocycles. The van der Waals surface area contributed by atoms with E-state index >= 15 is 0 Å². The number of carbonyl (C=O) groups excluding carboxylic acids is 2. The smallest absolute Gasteiger partial charge is 0.225 e. The molecule has 2 atom stereocenters. The highest BCUT2D eigenvalue weighted by molar-refractivity contribution is 5.80. The largest absolute Gasteiger partial charge is 0.349 e. The minimum atomic E-state index is -0.699. The number of amides is 1.